The van der Waals surface area contributed by atoms with Crippen molar-refractivity contribution in [1.29, 1.82) is 0 Å². The van der Waals surface area contributed by atoms with Crippen molar-refractivity contribution in [2.45, 2.75) is 18.7 Å². The molecule has 2 nitrogen and oxygen atoms in total. The lowest BCUT2D eigenvalue weighted by Crippen LogP contribution is -2.24. The summed E-state index contributed by atoms with van der Waals surface area (Å²) in [4.78, 5) is 0. The molecular formula is C11H12F4O2. The fourth-order valence-corrected chi connectivity index (χ4v) is 1.31. The third-order valence-electron chi connectivity index (χ3n) is 1.94. The van der Waals surface area contributed by atoms with E-state index in [4.69, 9.17) is 0 Å². The van der Waals surface area contributed by atoms with Gasteiger partial charge in [-0.2, -0.15) is 13.2 Å². The fraction of sp³-hybridized carbons (Fsp3) is 0.455. The van der Waals surface area contributed by atoms with Crippen molar-refractivity contribution in [1.82, 2.24) is 0 Å². The van der Waals surface area contributed by atoms with Gasteiger partial charge in [0.1, 0.15) is 12.4 Å². The standard InChI is InChI=1S/C11H12F4O2/c12-9-3-1-2-8(4-9)5-10(16)6-17-7-11(13,14)15/h1-4,10,16H,5-7H2. The van der Waals surface area contributed by atoms with Gasteiger partial charge in [-0.3, -0.25) is 0 Å². The molecule has 0 aliphatic rings. The first-order valence-electron chi connectivity index (χ1n) is 4.94. The molecule has 0 amide bonds. The van der Waals surface area contributed by atoms with Crippen LogP contribution in [0.3, 0.4) is 0 Å². The molecule has 17 heavy (non-hydrogen) atoms. The second-order valence-electron chi connectivity index (χ2n) is 3.62. The molecule has 6 heteroatoms. The predicted molar refractivity (Wildman–Crippen MR) is 53.0 cm³/mol. The Kier molecular flexibility index (Phi) is 4.89. The van der Waals surface area contributed by atoms with Crippen molar-refractivity contribution in [2.24, 2.45) is 0 Å². The van der Waals surface area contributed by atoms with Crippen LogP contribution in [0.1, 0.15) is 5.56 Å². The van der Waals surface area contributed by atoms with Gasteiger partial charge >= 0.3 is 6.18 Å². The highest BCUT2D eigenvalue weighted by Crippen LogP contribution is 2.15. The summed E-state index contributed by atoms with van der Waals surface area (Å²) < 4.78 is 52.2. The largest absolute Gasteiger partial charge is 0.411 e. The molecule has 0 fully saturated rings. The normalized spacial score (nSPS) is 13.7. The smallest absolute Gasteiger partial charge is 0.390 e. The topological polar surface area (TPSA) is 29.5 Å². The van der Waals surface area contributed by atoms with Crippen LogP contribution in [0.4, 0.5) is 17.6 Å². The minimum absolute atomic E-state index is 0.0512. The van der Waals surface area contributed by atoms with Gasteiger partial charge in [-0.05, 0) is 17.7 Å². The van der Waals surface area contributed by atoms with E-state index in [0.717, 1.165) is 0 Å². The van der Waals surface area contributed by atoms with E-state index < -0.39 is 31.3 Å². The van der Waals surface area contributed by atoms with Crippen molar-refractivity contribution in [2.75, 3.05) is 13.2 Å². The summed E-state index contributed by atoms with van der Waals surface area (Å²) in [5.74, 6) is -0.453. The fourth-order valence-electron chi connectivity index (χ4n) is 1.31. The van der Waals surface area contributed by atoms with Gasteiger partial charge in [0.15, 0.2) is 0 Å². The maximum absolute atomic E-state index is 12.8. The molecule has 0 saturated heterocycles. The highest BCUT2D eigenvalue weighted by Gasteiger charge is 2.27. The quantitative estimate of drug-likeness (QED) is 0.815. The number of hydrogen-bond donors (Lipinski definition) is 1. The Bertz CT molecular complexity index is 352. The van der Waals surface area contributed by atoms with Gasteiger partial charge in [0, 0.05) is 6.42 Å². The number of hydrogen-bond acceptors (Lipinski definition) is 2. The summed E-state index contributed by atoms with van der Waals surface area (Å²) in [6.07, 6.45) is -5.44. The van der Waals surface area contributed by atoms with Gasteiger partial charge in [0.25, 0.3) is 0 Å². The van der Waals surface area contributed by atoms with Gasteiger partial charge in [-0.1, -0.05) is 12.1 Å². The van der Waals surface area contributed by atoms with Crippen LogP contribution >= 0.6 is 0 Å². The second kappa shape index (κ2) is 5.97. The molecule has 1 N–H and O–H groups in total. The molecule has 1 atom stereocenters. The average molecular weight is 252 g/mol. The molecule has 96 valence electrons. The lowest BCUT2D eigenvalue weighted by atomic mass is 10.1. The average Bonchev–Trinajstić information content (AvgIpc) is 2.15. The molecule has 0 heterocycles. The molecule has 0 spiro atoms. The lowest BCUT2D eigenvalue weighted by Gasteiger charge is -2.12. The number of ether oxygens (including phenoxy) is 1. The summed E-state index contributed by atoms with van der Waals surface area (Å²) in [7, 11) is 0. The third-order valence-corrected chi connectivity index (χ3v) is 1.94. The minimum Gasteiger partial charge on any atom is -0.390 e. The minimum atomic E-state index is -4.40. The second-order valence-corrected chi connectivity index (χ2v) is 3.62. The summed E-state index contributed by atoms with van der Waals surface area (Å²) in [5, 5.41) is 9.38. The van der Waals surface area contributed by atoms with Crippen LogP contribution in [0.15, 0.2) is 24.3 Å². The van der Waals surface area contributed by atoms with Gasteiger partial charge in [0.05, 0.1) is 12.7 Å². The zero-order valence-corrected chi connectivity index (χ0v) is 8.88. The van der Waals surface area contributed by atoms with Crippen LogP contribution in [-0.4, -0.2) is 30.6 Å². The molecule has 1 rings (SSSR count). The molecule has 0 bridgehead atoms. The van der Waals surface area contributed by atoms with E-state index >= 15 is 0 Å². The Hall–Kier alpha value is -1.14. The van der Waals surface area contributed by atoms with E-state index in [9.17, 15) is 22.7 Å². The van der Waals surface area contributed by atoms with Gasteiger partial charge in [-0.25, -0.2) is 4.39 Å². The molecule has 1 aromatic carbocycles. The SMILES string of the molecule is OC(COCC(F)(F)F)Cc1cccc(F)c1. The Morgan fingerprint density at radius 2 is 2.00 bits per heavy atom. The Balaban J connectivity index is 2.32. The molecule has 0 aliphatic carbocycles. The zero-order valence-electron chi connectivity index (χ0n) is 8.88. The third kappa shape index (κ3) is 6.23. The van der Waals surface area contributed by atoms with Gasteiger partial charge in [0.2, 0.25) is 0 Å². The van der Waals surface area contributed by atoms with E-state index in [1.165, 1.54) is 18.2 Å². The van der Waals surface area contributed by atoms with E-state index in [1.54, 1.807) is 6.07 Å². The number of rotatable bonds is 5. The van der Waals surface area contributed by atoms with E-state index in [0.29, 0.717) is 5.56 Å². The van der Waals surface area contributed by atoms with Crippen LogP contribution in [0.5, 0.6) is 0 Å². The van der Waals surface area contributed by atoms with Crippen molar-refractivity contribution in [3.05, 3.63) is 35.6 Å². The Labute approximate surface area is 95.8 Å². The van der Waals surface area contributed by atoms with E-state index in [2.05, 4.69) is 4.74 Å². The van der Waals surface area contributed by atoms with Crippen molar-refractivity contribution < 1.29 is 27.4 Å². The summed E-state index contributed by atoms with van der Waals surface area (Å²) in [6, 6.07) is 5.51. The van der Waals surface area contributed by atoms with Gasteiger partial charge < -0.3 is 9.84 Å². The highest BCUT2D eigenvalue weighted by molar-refractivity contribution is 5.16. The first kappa shape index (κ1) is 13.9. The van der Waals surface area contributed by atoms with Crippen LogP contribution in [-0.2, 0) is 11.2 Å². The van der Waals surface area contributed by atoms with Crippen LogP contribution in [0, 0.1) is 5.82 Å². The number of benzene rings is 1. The Morgan fingerprint density at radius 3 is 2.59 bits per heavy atom. The van der Waals surface area contributed by atoms with Gasteiger partial charge in [-0.15, -0.1) is 0 Å². The number of aliphatic hydroxyl groups excluding tert-OH is 1. The molecule has 0 radical (unpaired) electrons. The first-order chi connectivity index (χ1) is 7.87. The maximum atomic E-state index is 12.8. The van der Waals surface area contributed by atoms with E-state index in [1.807, 2.05) is 0 Å². The molecule has 0 saturated carbocycles. The first-order valence-corrected chi connectivity index (χ1v) is 4.94. The highest BCUT2D eigenvalue weighted by atomic mass is 19.4. The lowest BCUT2D eigenvalue weighted by molar-refractivity contribution is -0.179. The number of alkyl halides is 3. The number of aliphatic hydroxyl groups is 1. The molecule has 1 aromatic rings. The summed E-state index contributed by atoms with van der Waals surface area (Å²) in [5.41, 5.74) is 0.508. The number of halogens is 4. The van der Waals surface area contributed by atoms with E-state index in [-0.39, 0.29) is 6.42 Å². The molecule has 0 aromatic heterocycles. The Morgan fingerprint density at radius 1 is 1.29 bits per heavy atom. The molecule has 1 unspecified atom stereocenters. The predicted octanol–water partition coefficient (Wildman–Crippen LogP) is 2.31. The zero-order chi connectivity index (χ0) is 12.9. The summed E-state index contributed by atoms with van der Waals surface area (Å²) >= 11 is 0. The van der Waals surface area contributed by atoms with Crippen molar-refractivity contribution in [3.8, 4) is 0 Å². The monoisotopic (exact) mass is 252 g/mol. The molecule has 0 aliphatic heterocycles. The van der Waals surface area contributed by atoms with Crippen LogP contribution in [0.2, 0.25) is 0 Å². The van der Waals surface area contributed by atoms with Crippen LogP contribution < -0.4 is 0 Å². The van der Waals surface area contributed by atoms with Crippen LogP contribution in [0.25, 0.3) is 0 Å². The maximum Gasteiger partial charge on any atom is 0.411 e. The summed E-state index contributed by atoms with van der Waals surface area (Å²) in [6.45, 7) is -1.83. The van der Waals surface area contributed by atoms with Crippen molar-refractivity contribution in [3.63, 3.8) is 0 Å². The molecular weight excluding hydrogens is 240 g/mol. The van der Waals surface area contributed by atoms with Crippen molar-refractivity contribution >= 4 is 0 Å².